The average Bonchev–Trinajstić information content (AvgIpc) is 3.43. The van der Waals surface area contributed by atoms with E-state index in [9.17, 15) is 39.9 Å². The van der Waals surface area contributed by atoms with Crippen molar-refractivity contribution in [3.8, 4) is 5.75 Å². The lowest BCUT2D eigenvalue weighted by Gasteiger charge is -2.64. The Labute approximate surface area is 252 Å². The predicted octanol–water partition coefficient (Wildman–Crippen LogP) is 5.71. The maximum absolute atomic E-state index is 14.8. The molecule has 0 bridgehead atoms. The van der Waals surface area contributed by atoms with Gasteiger partial charge in [0.05, 0.1) is 17.2 Å². The molecule has 43 heavy (non-hydrogen) atoms. The van der Waals surface area contributed by atoms with Gasteiger partial charge in [-0.05, 0) is 55.6 Å². The third kappa shape index (κ3) is 3.84. The highest BCUT2D eigenvalue weighted by atomic mass is 16.4. The van der Waals surface area contributed by atoms with Gasteiger partial charge in [-0.25, -0.2) is 0 Å². The van der Waals surface area contributed by atoms with Crippen molar-refractivity contribution in [2.24, 2.45) is 28.6 Å². The van der Waals surface area contributed by atoms with Gasteiger partial charge in [-0.3, -0.25) is 14.4 Å². The number of ketones is 3. The number of aromatic hydroxyl groups is 1. The summed E-state index contributed by atoms with van der Waals surface area (Å²) in [5.74, 6) is -6.51. The molecule has 8 heteroatoms. The number of phenolic OH excluding ortho intramolecular Hbond substituents is 1. The number of fused-ring (bicyclic) bond motifs is 3. The van der Waals surface area contributed by atoms with E-state index < -0.39 is 74.7 Å². The molecule has 6 atom stereocenters. The van der Waals surface area contributed by atoms with Crippen molar-refractivity contribution < 1.29 is 39.9 Å². The predicted molar refractivity (Wildman–Crippen MR) is 162 cm³/mol. The molecule has 4 aliphatic rings. The molecule has 232 valence electrons. The van der Waals surface area contributed by atoms with Gasteiger partial charge in [-0.15, -0.1) is 0 Å². The van der Waals surface area contributed by atoms with Crippen LogP contribution < -0.4 is 0 Å². The Morgan fingerprint density at radius 1 is 1.05 bits per heavy atom. The summed E-state index contributed by atoms with van der Waals surface area (Å²) < 4.78 is 0. The first kappa shape index (κ1) is 31.2. The summed E-state index contributed by atoms with van der Waals surface area (Å²) in [6.07, 6.45) is 4.07. The molecular weight excluding hydrogens is 548 g/mol. The number of benzene rings is 1. The zero-order valence-corrected chi connectivity index (χ0v) is 26.0. The van der Waals surface area contributed by atoms with Crippen LogP contribution in [0.15, 0.2) is 35.6 Å². The molecule has 1 aromatic carbocycles. The van der Waals surface area contributed by atoms with Gasteiger partial charge in [0, 0.05) is 22.3 Å². The molecule has 5 rings (SSSR count). The van der Waals surface area contributed by atoms with Gasteiger partial charge in [-0.2, -0.15) is 0 Å². The third-order valence-corrected chi connectivity index (χ3v) is 11.4. The maximum atomic E-state index is 14.8. The van der Waals surface area contributed by atoms with Crippen LogP contribution in [0.4, 0.5) is 0 Å². The summed E-state index contributed by atoms with van der Waals surface area (Å²) in [6, 6.07) is 3.50. The first-order valence-electron chi connectivity index (χ1n) is 15.4. The van der Waals surface area contributed by atoms with Crippen molar-refractivity contribution in [3.63, 3.8) is 0 Å². The third-order valence-electron chi connectivity index (χ3n) is 11.4. The van der Waals surface area contributed by atoms with Gasteiger partial charge in [0.1, 0.15) is 22.8 Å². The summed E-state index contributed by atoms with van der Waals surface area (Å²) in [5.41, 5.74) is -5.89. The number of hydrogen-bond acceptors (Lipinski definition) is 8. The second-order valence-corrected chi connectivity index (χ2v) is 14.1. The van der Waals surface area contributed by atoms with Gasteiger partial charge in [-0.1, -0.05) is 72.1 Å². The molecule has 8 nitrogen and oxygen atoms in total. The Kier molecular flexibility index (Phi) is 7.37. The number of aliphatic hydroxyl groups is 4. The first-order chi connectivity index (χ1) is 20.0. The van der Waals surface area contributed by atoms with Crippen LogP contribution >= 0.6 is 0 Å². The van der Waals surface area contributed by atoms with E-state index in [1.165, 1.54) is 6.92 Å². The summed E-state index contributed by atoms with van der Waals surface area (Å²) in [7, 11) is 0. The first-order valence-corrected chi connectivity index (χ1v) is 15.4. The van der Waals surface area contributed by atoms with Gasteiger partial charge >= 0.3 is 0 Å². The van der Waals surface area contributed by atoms with E-state index in [-0.39, 0.29) is 16.9 Å². The smallest absolute Gasteiger partial charge is 0.203 e. The van der Waals surface area contributed by atoms with Crippen molar-refractivity contribution in [2.45, 2.75) is 97.7 Å². The number of hydrogen-bond donors (Lipinski definition) is 5. The number of Topliss-reactive ketones (excluding diaryl/α,β-unsaturated/α-hetero) is 3. The Morgan fingerprint density at radius 3 is 2.19 bits per heavy atom. The summed E-state index contributed by atoms with van der Waals surface area (Å²) in [5, 5.41) is 59.7. The molecule has 0 amide bonds. The molecule has 0 spiro atoms. The highest BCUT2D eigenvalue weighted by Gasteiger charge is 2.77. The van der Waals surface area contributed by atoms with Crippen LogP contribution in [0.25, 0.3) is 11.3 Å². The van der Waals surface area contributed by atoms with Crippen LogP contribution in [0, 0.1) is 28.6 Å². The lowest BCUT2D eigenvalue weighted by Crippen LogP contribution is -2.75. The SMILES string of the molecule is C=C(C)c1ccc2c(c1O)C(O)=C1C(=O)[C@@]3(O)C(O)=C(C(C)=O)C(=O)C(C(C)C)[C@@]3(C)[C@H](O)[C@@]1(C)[C@@H]2CCC1CCCC1. The van der Waals surface area contributed by atoms with Crippen LogP contribution in [0.2, 0.25) is 0 Å². The fourth-order valence-electron chi connectivity index (χ4n) is 9.27. The van der Waals surface area contributed by atoms with E-state index >= 15 is 0 Å². The number of rotatable bonds is 6. The molecule has 0 radical (unpaired) electrons. The number of allylic oxidation sites excluding steroid dienone is 2. The summed E-state index contributed by atoms with van der Waals surface area (Å²) in [4.78, 5) is 41.3. The zero-order chi connectivity index (χ0) is 32.0. The van der Waals surface area contributed by atoms with Crippen molar-refractivity contribution in [1.82, 2.24) is 0 Å². The molecule has 1 aromatic rings. The van der Waals surface area contributed by atoms with Crippen LogP contribution in [-0.4, -0.2) is 54.6 Å². The normalized spacial score (nSPS) is 34.4. The minimum Gasteiger partial charge on any atom is -0.508 e. The lowest BCUT2D eigenvalue weighted by atomic mass is 9.40. The molecule has 1 unspecified atom stereocenters. The van der Waals surface area contributed by atoms with E-state index in [1.54, 1.807) is 39.8 Å². The van der Waals surface area contributed by atoms with Gasteiger partial charge < -0.3 is 25.5 Å². The fraction of sp³-hybridized carbons (Fsp3) is 0.571. The number of carbonyl (C=O) groups excluding carboxylic acids is 3. The maximum Gasteiger partial charge on any atom is 0.203 e. The molecular formula is C35H44O8. The quantitative estimate of drug-likeness (QED) is 0.264. The van der Waals surface area contributed by atoms with Crippen molar-refractivity contribution in [1.29, 1.82) is 0 Å². The Hall–Kier alpha value is -3.23. The van der Waals surface area contributed by atoms with E-state index in [0.717, 1.165) is 39.0 Å². The monoisotopic (exact) mass is 592 g/mol. The molecule has 4 aliphatic carbocycles. The van der Waals surface area contributed by atoms with E-state index in [1.807, 2.05) is 0 Å². The van der Waals surface area contributed by atoms with Crippen LogP contribution in [0.5, 0.6) is 5.75 Å². The van der Waals surface area contributed by atoms with Crippen LogP contribution in [0.3, 0.4) is 0 Å². The second kappa shape index (κ2) is 10.2. The highest BCUT2D eigenvalue weighted by Crippen LogP contribution is 2.68. The van der Waals surface area contributed by atoms with E-state index in [4.69, 9.17) is 0 Å². The molecule has 0 aromatic heterocycles. The molecule has 5 N–H and O–H groups in total. The summed E-state index contributed by atoms with van der Waals surface area (Å²) >= 11 is 0. The molecule has 0 saturated heterocycles. The second-order valence-electron chi connectivity index (χ2n) is 14.1. The minimum absolute atomic E-state index is 0.0275. The molecule has 2 fully saturated rings. The zero-order valence-electron chi connectivity index (χ0n) is 26.0. The van der Waals surface area contributed by atoms with Gasteiger partial charge in [0.25, 0.3) is 0 Å². The van der Waals surface area contributed by atoms with Crippen LogP contribution in [0.1, 0.15) is 103 Å². The van der Waals surface area contributed by atoms with Crippen molar-refractivity contribution in [2.75, 3.05) is 0 Å². The van der Waals surface area contributed by atoms with E-state index in [2.05, 4.69) is 6.58 Å². The average molecular weight is 593 g/mol. The standard InChI is InChI=1S/C35H44O8/c1-16(2)20-13-14-21-22(15-12-19-10-8-9-11-19)33(6)26(29(39)24(21)27(20)37)31(41)35(43)30(40)23(18(5)36)28(38)25(17(3)4)34(35,7)32(33)42/h13-14,17,19,22,25,32,37,39-40,42-43H,1,8-12,15H2,2-7H3/t22-,25?,32-,33+,34+,35+/m1/s1. The fourth-order valence-corrected chi connectivity index (χ4v) is 9.27. The Bertz CT molecular complexity index is 1510. The largest absolute Gasteiger partial charge is 0.508 e. The molecule has 0 heterocycles. The number of carbonyl (C=O) groups is 3. The van der Waals surface area contributed by atoms with E-state index in [0.29, 0.717) is 29.0 Å². The lowest BCUT2D eigenvalue weighted by molar-refractivity contribution is -0.216. The Morgan fingerprint density at radius 2 is 1.65 bits per heavy atom. The topological polar surface area (TPSA) is 152 Å². The molecule has 0 aliphatic heterocycles. The van der Waals surface area contributed by atoms with Crippen LogP contribution in [-0.2, 0) is 14.4 Å². The Balaban J connectivity index is 1.86. The van der Waals surface area contributed by atoms with Crippen molar-refractivity contribution >= 4 is 28.7 Å². The van der Waals surface area contributed by atoms with Gasteiger partial charge in [0.2, 0.25) is 5.78 Å². The number of phenols is 1. The molecule has 2 saturated carbocycles. The minimum atomic E-state index is -2.89. The number of aliphatic hydroxyl groups excluding tert-OH is 3. The van der Waals surface area contributed by atoms with Gasteiger partial charge in [0.15, 0.2) is 17.2 Å². The summed E-state index contributed by atoms with van der Waals surface area (Å²) in [6.45, 7) is 13.2. The van der Waals surface area contributed by atoms with Crippen molar-refractivity contribution in [3.05, 3.63) is 52.3 Å². The highest BCUT2D eigenvalue weighted by molar-refractivity contribution is 6.24.